The molecule has 0 saturated carbocycles. The zero-order chi connectivity index (χ0) is 13.1. The molecule has 2 heterocycles. The first kappa shape index (κ1) is 13.0. The van der Waals surface area contributed by atoms with Gasteiger partial charge in [-0.3, -0.25) is 9.59 Å². The maximum absolute atomic E-state index is 12.2. The van der Waals surface area contributed by atoms with Crippen LogP contribution in [0.1, 0.15) is 29.7 Å². The molecule has 6 heteroatoms. The highest BCUT2D eigenvalue weighted by atomic mass is 32.1. The predicted molar refractivity (Wildman–Crippen MR) is 69.1 cm³/mol. The van der Waals surface area contributed by atoms with E-state index >= 15 is 0 Å². The summed E-state index contributed by atoms with van der Waals surface area (Å²) >= 11 is 1.56. The van der Waals surface area contributed by atoms with Crippen molar-refractivity contribution in [1.82, 2.24) is 15.2 Å². The van der Waals surface area contributed by atoms with E-state index in [1.54, 1.807) is 22.4 Å². The van der Waals surface area contributed by atoms with Gasteiger partial charge in [-0.1, -0.05) is 13.3 Å². The van der Waals surface area contributed by atoms with Crippen molar-refractivity contribution in [3.05, 3.63) is 16.1 Å². The number of aryl methyl sites for hydroxylation is 1. The van der Waals surface area contributed by atoms with Crippen LogP contribution in [-0.4, -0.2) is 34.3 Å². The molecule has 1 aliphatic heterocycles. The lowest BCUT2D eigenvalue weighted by Gasteiger charge is -2.32. The van der Waals surface area contributed by atoms with Gasteiger partial charge in [0.05, 0.1) is 18.1 Å². The van der Waals surface area contributed by atoms with Gasteiger partial charge in [0, 0.05) is 11.1 Å². The minimum Gasteiger partial charge on any atom is -0.343 e. The maximum Gasteiger partial charge on any atom is 0.245 e. The third-order valence-electron chi connectivity index (χ3n) is 2.87. The number of amides is 2. The molecular weight excluding hydrogens is 250 g/mol. The Morgan fingerprint density at radius 2 is 2.33 bits per heavy atom. The monoisotopic (exact) mass is 267 g/mol. The van der Waals surface area contributed by atoms with E-state index in [0.29, 0.717) is 13.0 Å². The summed E-state index contributed by atoms with van der Waals surface area (Å²) in [4.78, 5) is 30.5. The molecule has 0 spiro atoms. The van der Waals surface area contributed by atoms with Crippen molar-refractivity contribution in [2.45, 2.75) is 39.3 Å². The molecule has 1 aromatic rings. The number of carbonyl (C=O) groups excluding carboxylic acids is 2. The molecule has 1 N–H and O–H groups in total. The third kappa shape index (κ3) is 2.87. The van der Waals surface area contributed by atoms with Crippen molar-refractivity contribution in [1.29, 1.82) is 0 Å². The number of aromatic nitrogens is 1. The third-order valence-corrected chi connectivity index (χ3v) is 3.77. The number of hydrogen-bond acceptors (Lipinski definition) is 4. The maximum atomic E-state index is 12.2. The van der Waals surface area contributed by atoms with Gasteiger partial charge in [-0.05, 0) is 13.3 Å². The minimum atomic E-state index is -0.356. The molecule has 1 aromatic heterocycles. The zero-order valence-corrected chi connectivity index (χ0v) is 11.4. The molecule has 1 aliphatic rings. The van der Waals surface area contributed by atoms with Gasteiger partial charge >= 0.3 is 0 Å². The summed E-state index contributed by atoms with van der Waals surface area (Å²) in [5, 5.41) is 3.72. The van der Waals surface area contributed by atoms with Crippen LogP contribution < -0.4 is 5.32 Å². The lowest BCUT2D eigenvalue weighted by molar-refractivity contribution is -0.145. The number of nitrogens with one attached hydrogen (secondary N) is 1. The van der Waals surface area contributed by atoms with E-state index in [4.69, 9.17) is 0 Å². The number of hydrogen-bond donors (Lipinski definition) is 1. The highest BCUT2D eigenvalue weighted by molar-refractivity contribution is 7.11. The molecule has 98 valence electrons. The lowest BCUT2D eigenvalue weighted by atomic mass is 10.1. The summed E-state index contributed by atoms with van der Waals surface area (Å²) < 4.78 is 0. The first-order chi connectivity index (χ1) is 8.60. The Kier molecular flexibility index (Phi) is 3.96. The van der Waals surface area contributed by atoms with E-state index in [1.807, 2.05) is 13.8 Å². The summed E-state index contributed by atoms with van der Waals surface area (Å²) in [6, 6.07) is -0.356. The Morgan fingerprint density at radius 1 is 1.56 bits per heavy atom. The molecule has 0 aliphatic carbocycles. The molecule has 2 rings (SSSR count). The minimum absolute atomic E-state index is 0.0162. The zero-order valence-electron chi connectivity index (χ0n) is 10.6. The fourth-order valence-electron chi connectivity index (χ4n) is 2.06. The van der Waals surface area contributed by atoms with Crippen molar-refractivity contribution in [3.63, 3.8) is 0 Å². The van der Waals surface area contributed by atoms with Crippen molar-refractivity contribution < 1.29 is 9.59 Å². The molecule has 1 fully saturated rings. The van der Waals surface area contributed by atoms with E-state index in [-0.39, 0.29) is 24.4 Å². The molecule has 0 radical (unpaired) electrons. The van der Waals surface area contributed by atoms with Gasteiger partial charge in [0.1, 0.15) is 6.04 Å². The second kappa shape index (κ2) is 5.48. The van der Waals surface area contributed by atoms with Crippen LogP contribution in [0.5, 0.6) is 0 Å². The number of nitrogens with zero attached hydrogens (tertiary/aromatic N) is 2. The van der Waals surface area contributed by atoms with E-state index in [1.165, 1.54) is 0 Å². The molecule has 0 bridgehead atoms. The van der Waals surface area contributed by atoms with Gasteiger partial charge in [0.25, 0.3) is 0 Å². The van der Waals surface area contributed by atoms with E-state index in [2.05, 4.69) is 10.3 Å². The summed E-state index contributed by atoms with van der Waals surface area (Å²) in [6.45, 7) is 4.57. The van der Waals surface area contributed by atoms with E-state index in [0.717, 1.165) is 16.3 Å². The first-order valence-corrected chi connectivity index (χ1v) is 6.91. The van der Waals surface area contributed by atoms with Crippen LogP contribution in [0, 0.1) is 6.92 Å². The average molecular weight is 267 g/mol. The average Bonchev–Trinajstić information content (AvgIpc) is 2.71. The summed E-state index contributed by atoms with van der Waals surface area (Å²) in [5.74, 6) is -0.0585. The van der Waals surface area contributed by atoms with Gasteiger partial charge < -0.3 is 10.2 Å². The van der Waals surface area contributed by atoms with Gasteiger partial charge in [0.15, 0.2) is 0 Å². The van der Waals surface area contributed by atoms with Crippen LogP contribution in [0.4, 0.5) is 0 Å². The van der Waals surface area contributed by atoms with Crippen LogP contribution in [0.15, 0.2) is 6.20 Å². The molecule has 1 saturated heterocycles. The van der Waals surface area contributed by atoms with E-state index in [9.17, 15) is 9.59 Å². The Balaban J connectivity index is 2.06. The van der Waals surface area contributed by atoms with Crippen LogP contribution in [0.25, 0.3) is 0 Å². The second-order valence-electron chi connectivity index (χ2n) is 4.45. The van der Waals surface area contributed by atoms with E-state index < -0.39 is 0 Å². The molecular formula is C12H17N3O2S. The van der Waals surface area contributed by atoms with Crippen LogP contribution in [0.3, 0.4) is 0 Å². The van der Waals surface area contributed by atoms with Crippen molar-refractivity contribution in [2.24, 2.45) is 0 Å². The quantitative estimate of drug-likeness (QED) is 0.888. The SMILES string of the molecule is CCCC1NC(=O)CN(Cc2cnc(C)s2)C1=O. The molecule has 1 unspecified atom stereocenters. The smallest absolute Gasteiger partial charge is 0.245 e. The Morgan fingerprint density at radius 3 is 2.94 bits per heavy atom. The lowest BCUT2D eigenvalue weighted by Crippen LogP contribution is -2.57. The highest BCUT2D eigenvalue weighted by Crippen LogP contribution is 2.17. The molecule has 5 nitrogen and oxygen atoms in total. The molecule has 18 heavy (non-hydrogen) atoms. The van der Waals surface area contributed by atoms with Crippen LogP contribution in [-0.2, 0) is 16.1 Å². The largest absolute Gasteiger partial charge is 0.343 e. The topological polar surface area (TPSA) is 62.3 Å². The standard InChI is InChI=1S/C12H17N3O2S/c1-3-4-10-12(17)15(7-11(16)14-10)6-9-5-13-8(2)18-9/h5,10H,3-4,6-7H2,1-2H3,(H,14,16). The number of carbonyl (C=O) groups is 2. The van der Waals surface area contributed by atoms with Gasteiger partial charge in [-0.25, -0.2) is 4.98 Å². The first-order valence-electron chi connectivity index (χ1n) is 6.09. The highest BCUT2D eigenvalue weighted by Gasteiger charge is 2.31. The van der Waals surface area contributed by atoms with Gasteiger partial charge in [-0.2, -0.15) is 0 Å². The molecule has 0 aromatic carbocycles. The fraction of sp³-hybridized carbons (Fsp3) is 0.583. The second-order valence-corrected chi connectivity index (χ2v) is 5.77. The normalized spacial score (nSPS) is 20.1. The Bertz CT molecular complexity index is 458. The van der Waals surface area contributed by atoms with Crippen LogP contribution in [0.2, 0.25) is 0 Å². The summed E-state index contributed by atoms with van der Waals surface area (Å²) in [6.07, 6.45) is 3.35. The Hall–Kier alpha value is -1.43. The fourth-order valence-corrected chi connectivity index (χ4v) is 2.87. The number of thiazole rings is 1. The van der Waals surface area contributed by atoms with Crippen molar-refractivity contribution >= 4 is 23.2 Å². The van der Waals surface area contributed by atoms with Crippen molar-refractivity contribution in [3.8, 4) is 0 Å². The predicted octanol–water partition coefficient (Wildman–Crippen LogP) is 1.08. The number of piperazine rings is 1. The van der Waals surface area contributed by atoms with Crippen LogP contribution >= 0.6 is 11.3 Å². The summed E-state index contributed by atoms with van der Waals surface area (Å²) in [7, 11) is 0. The number of rotatable bonds is 4. The summed E-state index contributed by atoms with van der Waals surface area (Å²) in [5.41, 5.74) is 0. The van der Waals surface area contributed by atoms with Crippen molar-refractivity contribution in [2.75, 3.05) is 6.54 Å². The van der Waals surface area contributed by atoms with Gasteiger partial charge in [0.2, 0.25) is 11.8 Å². The molecule has 2 amide bonds. The van der Waals surface area contributed by atoms with Gasteiger partial charge in [-0.15, -0.1) is 11.3 Å². The molecule has 1 atom stereocenters. The Labute approximate surface area is 110 Å².